The molecule has 0 amide bonds. The van der Waals surface area contributed by atoms with Crippen molar-refractivity contribution in [3.63, 3.8) is 0 Å². The molecule has 0 bridgehead atoms. The lowest BCUT2D eigenvalue weighted by Crippen LogP contribution is -2.48. The van der Waals surface area contributed by atoms with E-state index in [-0.39, 0.29) is 5.84 Å². The molecule has 1 heterocycles. The van der Waals surface area contributed by atoms with Gasteiger partial charge < -0.3 is 36.6 Å². The first-order chi connectivity index (χ1) is 8.86. The molecule has 1 aliphatic heterocycles. The molecule has 0 aromatic heterocycles. The van der Waals surface area contributed by atoms with Crippen LogP contribution in [0.15, 0.2) is 10.1 Å². The first-order valence-corrected chi connectivity index (χ1v) is 5.40. The minimum atomic E-state index is -2.77. The zero-order chi connectivity index (χ0) is 14.6. The fourth-order valence-electron chi connectivity index (χ4n) is 1.37. The van der Waals surface area contributed by atoms with Gasteiger partial charge in [-0.15, -0.1) is 0 Å². The van der Waals surface area contributed by atoms with Crippen molar-refractivity contribution in [2.75, 3.05) is 6.61 Å². The van der Waals surface area contributed by atoms with Crippen LogP contribution in [0, 0.1) is 5.41 Å². The number of aliphatic imine (C=N–C) groups is 1. The van der Waals surface area contributed by atoms with Gasteiger partial charge in [0.2, 0.25) is 0 Å². The number of halogens is 2. The molecule has 0 aromatic rings. The second-order valence-electron chi connectivity index (χ2n) is 3.61. The zero-order valence-corrected chi connectivity index (χ0v) is 10.3. The lowest BCUT2D eigenvalue weighted by molar-refractivity contribution is -0.0261. The van der Waals surface area contributed by atoms with Crippen LogP contribution >= 0.6 is 11.6 Å². The maximum absolute atomic E-state index is 14.0. The van der Waals surface area contributed by atoms with E-state index in [2.05, 4.69) is 15.5 Å². The van der Waals surface area contributed by atoms with Gasteiger partial charge in [0.05, 0.1) is 12.8 Å². The molecule has 0 spiro atoms. The van der Waals surface area contributed by atoms with E-state index in [0.29, 0.717) is 6.21 Å². The zero-order valence-electron chi connectivity index (χ0n) is 9.49. The Kier molecular flexibility index (Phi) is 5.00. The quantitative estimate of drug-likeness (QED) is 0.120. The van der Waals surface area contributed by atoms with Crippen LogP contribution in [0.25, 0.3) is 0 Å². The molecular weight excluding hydrogens is 285 g/mol. The van der Waals surface area contributed by atoms with Crippen molar-refractivity contribution in [2.24, 2.45) is 15.9 Å². The van der Waals surface area contributed by atoms with Crippen molar-refractivity contribution in [3.8, 4) is 0 Å². The monoisotopic (exact) mass is 297 g/mol. The number of rotatable bonds is 3. The number of oxime groups is 1. The van der Waals surface area contributed by atoms with Gasteiger partial charge in [-0.05, 0) is 5.16 Å². The highest BCUT2D eigenvalue weighted by molar-refractivity contribution is 6.29. The van der Waals surface area contributed by atoms with Crippen LogP contribution in [0.1, 0.15) is 0 Å². The molecule has 9 nitrogen and oxygen atoms in total. The average Bonchev–Trinajstić information content (AvgIpc) is 2.60. The number of hydrogen-bond acceptors (Lipinski definition) is 6. The van der Waals surface area contributed by atoms with Crippen molar-refractivity contribution in [1.29, 1.82) is 5.41 Å². The van der Waals surface area contributed by atoms with Crippen LogP contribution in [-0.4, -0.2) is 63.6 Å². The number of ether oxygens (including phenoxy) is 1. The lowest BCUT2D eigenvalue weighted by Gasteiger charge is -2.21. The minimum absolute atomic E-state index is 0.323. The van der Waals surface area contributed by atoms with Gasteiger partial charge >= 0.3 is 0 Å². The fourth-order valence-corrected chi connectivity index (χ4v) is 1.62. The van der Waals surface area contributed by atoms with Crippen LogP contribution in [0.4, 0.5) is 4.39 Å². The number of nitrogens with one attached hydrogen (secondary N) is 2. The lowest BCUT2D eigenvalue weighted by atomic mass is 10.1. The Balaban J connectivity index is 2.84. The number of alkyl halides is 2. The number of nitrogens with two attached hydrogens (primary N) is 1. The molecule has 19 heavy (non-hydrogen) atoms. The standard InChI is InChI=1S/C8H13ClFN5O4/c9-8(10)5(17)3(2-16)19-6(8)14-7(15-18)13-4(12)1-11/h1,3,5-6,11,16-18H,2H2,(H3,12,13,14,15)/t3-,5-,6-,8-/m1/s1. The van der Waals surface area contributed by atoms with Gasteiger partial charge in [0, 0.05) is 0 Å². The van der Waals surface area contributed by atoms with Gasteiger partial charge in [0.15, 0.2) is 6.23 Å². The SMILES string of the molecule is N=C/C(N)=N\C(=N/O)N[C@@H]1O[C@H](CO)[C@@H](O)[C@]1(F)Cl. The Bertz CT molecular complexity index is 405. The first-order valence-electron chi connectivity index (χ1n) is 5.02. The summed E-state index contributed by atoms with van der Waals surface area (Å²) in [7, 11) is 0. The molecule has 1 saturated heterocycles. The van der Waals surface area contributed by atoms with E-state index in [1.807, 2.05) is 0 Å². The molecule has 7 N–H and O–H groups in total. The van der Waals surface area contributed by atoms with Crippen LogP contribution in [-0.2, 0) is 4.74 Å². The van der Waals surface area contributed by atoms with E-state index in [1.54, 1.807) is 0 Å². The van der Waals surface area contributed by atoms with Gasteiger partial charge in [-0.25, -0.2) is 4.39 Å². The highest BCUT2D eigenvalue weighted by Crippen LogP contribution is 2.36. The summed E-state index contributed by atoms with van der Waals surface area (Å²) in [6, 6.07) is 0. The normalized spacial score (nSPS) is 36.3. The number of guanidine groups is 1. The van der Waals surface area contributed by atoms with E-state index in [9.17, 15) is 9.50 Å². The summed E-state index contributed by atoms with van der Waals surface area (Å²) < 4.78 is 18.9. The minimum Gasteiger partial charge on any atom is -0.408 e. The molecular formula is C8H13ClFN5O4. The third-order valence-corrected chi connectivity index (χ3v) is 2.75. The van der Waals surface area contributed by atoms with Crippen LogP contribution in [0.2, 0.25) is 0 Å². The van der Waals surface area contributed by atoms with Gasteiger partial charge in [-0.3, -0.25) is 0 Å². The topological polar surface area (TPSA) is 157 Å². The van der Waals surface area contributed by atoms with Crippen molar-refractivity contribution in [2.45, 2.75) is 23.6 Å². The van der Waals surface area contributed by atoms with E-state index >= 15 is 0 Å². The number of aliphatic hydroxyl groups excluding tert-OH is 2. The summed E-state index contributed by atoms with van der Waals surface area (Å²) in [4.78, 5) is 3.41. The largest absolute Gasteiger partial charge is 0.408 e. The fraction of sp³-hybridized carbons (Fsp3) is 0.625. The molecule has 1 aliphatic rings. The van der Waals surface area contributed by atoms with E-state index in [1.165, 1.54) is 0 Å². The summed E-state index contributed by atoms with van der Waals surface area (Å²) in [5.74, 6) is -0.893. The van der Waals surface area contributed by atoms with Crippen LogP contribution in [0.5, 0.6) is 0 Å². The Labute approximate surface area is 112 Å². The van der Waals surface area contributed by atoms with Gasteiger partial charge in [0.1, 0.15) is 18.0 Å². The molecule has 0 unspecified atom stereocenters. The van der Waals surface area contributed by atoms with Crippen LogP contribution in [0.3, 0.4) is 0 Å². The predicted octanol–water partition coefficient (Wildman–Crippen LogP) is -1.69. The number of amidine groups is 1. The maximum atomic E-state index is 14.0. The summed E-state index contributed by atoms with van der Waals surface area (Å²) in [5, 5.41) is 35.8. The van der Waals surface area contributed by atoms with Crippen LogP contribution < -0.4 is 11.1 Å². The highest BCUT2D eigenvalue weighted by Gasteiger charge is 2.56. The highest BCUT2D eigenvalue weighted by atomic mass is 35.5. The predicted molar refractivity (Wildman–Crippen MR) is 64.2 cm³/mol. The molecule has 11 heteroatoms. The first kappa shape index (κ1) is 15.6. The number of nitrogens with zero attached hydrogens (tertiary/aromatic N) is 2. The molecule has 0 aromatic carbocycles. The molecule has 0 aliphatic carbocycles. The smallest absolute Gasteiger partial charge is 0.263 e. The van der Waals surface area contributed by atoms with Crippen molar-refractivity contribution < 1.29 is 24.5 Å². The van der Waals surface area contributed by atoms with Gasteiger partial charge in [0.25, 0.3) is 11.1 Å². The molecule has 1 rings (SSSR count). The molecule has 1 fully saturated rings. The Morgan fingerprint density at radius 1 is 1.68 bits per heavy atom. The van der Waals surface area contributed by atoms with Crippen molar-refractivity contribution >= 4 is 29.6 Å². The Morgan fingerprint density at radius 3 is 2.74 bits per heavy atom. The second kappa shape index (κ2) is 6.10. The van der Waals surface area contributed by atoms with E-state index in [0.717, 1.165) is 0 Å². The third-order valence-electron chi connectivity index (χ3n) is 2.32. The number of hydrogen-bond donors (Lipinski definition) is 6. The molecule has 0 radical (unpaired) electrons. The number of aliphatic hydroxyl groups is 2. The Morgan fingerprint density at radius 2 is 2.32 bits per heavy atom. The van der Waals surface area contributed by atoms with E-state index < -0.39 is 36.1 Å². The summed E-state index contributed by atoms with van der Waals surface area (Å²) in [5.41, 5.74) is 5.19. The van der Waals surface area contributed by atoms with Gasteiger partial charge in [-0.1, -0.05) is 11.6 Å². The van der Waals surface area contributed by atoms with Gasteiger partial charge in [-0.2, -0.15) is 4.99 Å². The average molecular weight is 298 g/mol. The van der Waals surface area contributed by atoms with E-state index in [4.69, 9.17) is 37.8 Å². The molecule has 108 valence electrons. The molecule has 4 atom stereocenters. The maximum Gasteiger partial charge on any atom is 0.263 e. The summed E-state index contributed by atoms with van der Waals surface area (Å²) >= 11 is 5.45. The summed E-state index contributed by atoms with van der Waals surface area (Å²) in [6.07, 6.45) is -4.00. The summed E-state index contributed by atoms with van der Waals surface area (Å²) in [6.45, 7) is -0.657. The third kappa shape index (κ3) is 3.29. The Hall–Kier alpha value is -1.49. The molecule has 0 saturated carbocycles. The second-order valence-corrected chi connectivity index (χ2v) is 4.18. The van der Waals surface area contributed by atoms with Crippen molar-refractivity contribution in [1.82, 2.24) is 5.32 Å². The van der Waals surface area contributed by atoms with Crippen molar-refractivity contribution in [3.05, 3.63) is 0 Å².